The fourth-order valence-electron chi connectivity index (χ4n) is 3.44. The highest BCUT2D eigenvalue weighted by Gasteiger charge is 2.36. The minimum atomic E-state index is -4.47. The van der Waals surface area contributed by atoms with Gasteiger partial charge >= 0.3 is 12.2 Å². The lowest BCUT2D eigenvalue weighted by Gasteiger charge is -2.28. The van der Waals surface area contributed by atoms with Crippen LogP contribution in [-0.4, -0.2) is 55.3 Å². The predicted octanol–water partition coefficient (Wildman–Crippen LogP) is 2.09. The van der Waals surface area contributed by atoms with Crippen molar-refractivity contribution in [1.29, 1.82) is 0 Å². The van der Waals surface area contributed by atoms with Crippen molar-refractivity contribution in [3.05, 3.63) is 29.8 Å². The molecule has 0 radical (unpaired) electrons. The number of carbonyl (C=O) groups excluding carboxylic acids is 2. The largest absolute Gasteiger partial charge is 0.493 e. The Morgan fingerprint density at radius 3 is 2.78 bits per heavy atom. The summed E-state index contributed by atoms with van der Waals surface area (Å²) in [4.78, 5) is 25.7. The third kappa shape index (κ3) is 5.05. The number of halogens is 3. The minimum absolute atomic E-state index is 0.101. The van der Waals surface area contributed by atoms with Crippen LogP contribution >= 0.6 is 0 Å². The molecule has 0 bridgehead atoms. The van der Waals surface area contributed by atoms with Crippen LogP contribution in [0.2, 0.25) is 0 Å². The molecule has 0 aromatic heterocycles. The van der Waals surface area contributed by atoms with Crippen LogP contribution in [0.25, 0.3) is 0 Å². The number of para-hydroxylation sites is 1. The number of likely N-dealkylation sites (tertiary alicyclic amines) is 1. The molecule has 2 atom stereocenters. The van der Waals surface area contributed by atoms with Crippen LogP contribution in [-0.2, 0) is 11.2 Å². The summed E-state index contributed by atoms with van der Waals surface area (Å²) in [5, 5.41) is 4.65. The van der Waals surface area contributed by atoms with Crippen molar-refractivity contribution >= 4 is 11.9 Å². The molecule has 1 fully saturated rings. The standard InChI is InChI=1S/C18H22F3N3O3/c19-18(20,21)11-23-16(25)14-5-3-7-24(14)17(26)22-9-12-8-13-4-1-2-6-15(13)27-10-12/h1-2,4,6,12,14H,3,5,7-11H2,(H,22,26)(H,23,25). The number of urea groups is 1. The van der Waals surface area contributed by atoms with Crippen LogP contribution < -0.4 is 15.4 Å². The molecule has 2 heterocycles. The van der Waals surface area contributed by atoms with E-state index in [2.05, 4.69) is 5.32 Å². The summed E-state index contributed by atoms with van der Waals surface area (Å²) in [7, 11) is 0. The first-order valence-corrected chi connectivity index (χ1v) is 8.93. The summed E-state index contributed by atoms with van der Waals surface area (Å²) >= 11 is 0. The number of ether oxygens (including phenoxy) is 1. The summed E-state index contributed by atoms with van der Waals surface area (Å²) in [6.45, 7) is -0.191. The van der Waals surface area contributed by atoms with Gasteiger partial charge in [-0.1, -0.05) is 18.2 Å². The van der Waals surface area contributed by atoms with Gasteiger partial charge in [-0.05, 0) is 30.9 Å². The van der Waals surface area contributed by atoms with Gasteiger partial charge in [-0.3, -0.25) is 4.79 Å². The summed E-state index contributed by atoms with van der Waals surface area (Å²) in [6, 6.07) is 6.41. The average Bonchev–Trinajstić information content (AvgIpc) is 3.13. The topological polar surface area (TPSA) is 70.7 Å². The lowest BCUT2D eigenvalue weighted by atomic mass is 9.97. The lowest BCUT2D eigenvalue weighted by molar-refractivity contribution is -0.140. The Labute approximate surface area is 155 Å². The van der Waals surface area contributed by atoms with Crippen molar-refractivity contribution < 1.29 is 27.5 Å². The highest BCUT2D eigenvalue weighted by atomic mass is 19.4. The van der Waals surface area contributed by atoms with Gasteiger partial charge in [0.25, 0.3) is 0 Å². The van der Waals surface area contributed by atoms with Crippen molar-refractivity contribution in [3.63, 3.8) is 0 Å². The number of nitrogens with one attached hydrogen (secondary N) is 2. The zero-order valence-electron chi connectivity index (χ0n) is 14.7. The predicted molar refractivity (Wildman–Crippen MR) is 91.3 cm³/mol. The number of hydrogen-bond acceptors (Lipinski definition) is 3. The molecule has 1 saturated heterocycles. The number of nitrogens with zero attached hydrogens (tertiary/aromatic N) is 1. The first-order valence-electron chi connectivity index (χ1n) is 8.93. The van der Waals surface area contributed by atoms with Crippen LogP contribution in [0.5, 0.6) is 5.75 Å². The molecule has 2 N–H and O–H groups in total. The van der Waals surface area contributed by atoms with Crippen molar-refractivity contribution in [3.8, 4) is 5.75 Å². The molecule has 1 aromatic rings. The molecule has 1 aromatic carbocycles. The smallest absolute Gasteiger partial charge is 0.405 e. The van der Waals surface area contributed by atoms with Crippen molar-refractivity contribution in [1.82, 2.24) is 15.5 Å². The van der Waals surface area contributed by atoms with E-state index in [-0.39, 0.29) is 5.92 Å². The number of amides is 3. The number of fused-ring (bicyclic) bond motifs is 1. The van der Waals surface area contributed by atoms with E-state index in [4.69, 9.17) is 4.74 Å². The minimum Gasteiger partial charge on any atom is -0.493 e. The van der Waals surface area contributed by atoms with Gasteiger partial charge in [0.05, 0.1) is 6.61 Å². The van der Waals surface area contributed by atoms with Gasteiger partial charge < -0.3 is 20.3 Å². The number of hydrogen-bond donors (Lipinski definition) is 2. The van der Waals surface area contributed by atoms with Crippen molar-refractivity contribution in [2.24, 2.45) is 5.92 Å². The average molecular weight is 385 g/mol. The van der Waals surface area contributed by atoms with Gasteiger partial charge in [0, 0.05) is 19.0 Å². The summed E-state index contributed by atoms with van der Waals surface area (Å²) < 4.78 is 42.5. The quantitative estimate of drug-likeness (QED) is 0.834. The van der Waals surface area contributed by atoms with Crippen LogP contribution in [0, 0.1) is 5.92 Å². The van der Waals surface area contributed by atoms with E-state index in [1.807, 2.05) is 29.6 Å². The van der Waals surface area contributed by atoms with Gasteiger partial charge in [-0.15, -0.1) is 0 Å². The maximum atomic E-state index is 12.4. The van der Waals surface area contributed by atoms with E-state index in [1.54, 1.807) is 0 Å². The fraction of sp³-hybridized carbons (Fsp3) is 0.556. The van der Waals surface area contributed by atoms with Crippen LogP contribution in [0.4, 0.5) is 18.0 Å². The molecule has 2 aliphatic rings. The Balaban J connectivity index is 1.49. The summed E-state index contributed by atoms with van der Waals surface area (Å²) in [5.74, 6) is 0.180. The second-order valence-corrected chi connectivity index (χ2v) is 6.86. The van der Waals surface area contributed by atoms with Crippen LogP contribution in [0.3, 0.4) is 0 Å². The van der Waals surface area contributed by atoms with Crippen LogP contribution in [0.15, 0.2) is 24.3 Å². The molecule has 6 nitrogen and oxygen atoms in total. The number of carbonyl (C=O) groups is 2. The molecular formula is C18H22F3N3O3. The van der Waals surface area contributed by atoms with Gasteiger partial charge in [0.1, 0.15) is 18.3 Å². The summed E-state index contributed by atoms with van der Waals surface area (Å²) in [5.41, 5.74) is 1.08. The second-order valence-electron chi connectivity index (χ2n) is 6.86. The van der Waals surface area contributed by atoms with E-state index in [9.17, 15) is 22.8 Å². The molecule has 0 aliphatic carbocycles. The third-order valence-corrected chi connectivity index (χ3v) is 4.78. The van der Waals surface area contributed by atoms with Gasteiger partial charge in [-0.2, -0.15) is 13.2 Å². The summed E-state index contributed by atoms with van der Waals surface area (Å²) in [6.07, 6.45) is -2.76. The number of benzene rings is 1. The first kappa shape index (κ1) is 19.3. The van der Waals surface area contributed by atoms with E-state index >= 15 is 0 Å². The zero-order valence-corrected chi connectivity index (χ0v) is 14.7. The molecule has 0 spiro atoms. The van der Waals surface area contributed by atoms with Gasteiger partial charge in [0.15, 0.2) is 0 Å². The third-order valence-electron chi connectivity index (χ3n) is 4.78. The van der Waals surface area contributed by atoms with Crippen molar-refractivity contribution in [2.45, 2.75) is 31.5 Å². The zero-order chi connectivity index (χ0) is 19.4. The monoisotopic (exact) mass is 385 g/mol. The molecule has 3 amide bonds. The Bertz CT molecular complexity index is 696. The highest BCUT2D eigenvalue weighted by Crippen LogP contribution is 2.26. The molecule has 0 saturated carbocycles. The molecule has 9 heteroatoms. The van der Waals surface area contributed by atoms with E-state index in [0.29, 0.717) is 32.5 Å². The van der Waals surface area contributed by atoms with E-state index in [1.165, 1.54) is 4.90 Å². The Kier molecular flexibility index (Phi) is 5.76. The molecule has 27 heavy (non-hydrogen) atoms. The Hall–Kier alpha value is -2.45. The van der Waals surface area contributed by atoms with Crippen LogP contribution in [0.1, 0.15) is 18.4 Å². The van der Waals surface area contributed by atoms with E-state index < -0.39 is 30.7 Å². The molecular weight excluding hydrogens is 363 g/mol. The van der Waals surface area contributed by atoms with E-state index in [0.717, 1.165) is 17.7 Å². The highest BCUT2D eigenvalue weighted by molar-refractivity contribution is 5.87. The SMILES string of the molecule is O=C(NCC(F)(F)F)C1CCCN1C(=O)NCC1COc2ccccc2C1. The molecule has 2 aliphatic heterocycles. The maximum Gasteiger partial charge on any atom is 0.405 e. The molecule has 3 rings (SSSR count). The molecule has 2 unspecified atom stereocenters. The number of rotatable bonds is 4. The number of alkyl halides is 3. The maximum absolute atomic E-state index is 12.4. The van der Waals surface area contributed by atoms with Crippen molar-refractivity contribution in [2.75, 3.05) is 26.2 Å². The lowest BCUT2D eigenvalue weighted by Crippen LogP contribution is -2.51. The van der Waals surface area contributed by atoms with Gasteiger partial charge in [-0.25, -0.2) is 4.79 Å². The second kappa shape index (κ2) is 8.06. The Morgan fingerprint density at radius 2 is 2.00 bits per heavy atom. The first-order chi connectivity index (χ1) is 12.8. The normalized spacial score (nSPS) is 22.0. The fourth-order valence-corrected chi connectivity index (χ4v) is 3.44. The molecule has 148 valence electrons. The van der Waals surface area contributed by atoms with Gasteiger partial charge in [0.2, 0.25) is 5.91 Å². The Morgan fingerprint density at radius 1 is 1.22 bits per heavy atom.